The number of rotatable bonds is 10. The van der Waals surface area contributed by atoms with Crippen LogP contribution in [0.2, 0.25) is 0 Å². The smallest absolute Gasteiger partial charge is 0.000387 e. The molecule has 0 aromatic rings. The molecule has 0 fully saturated rings. The summed E-state index contributed by atoms with van der Waals surface area (Å²) in [6.45, 7) is 7.96. The van der Waals surface area contributed by atoms with Crippen LogP contribution < -0.4 is 5.73 Å². The van der Waals surface area contributed by atoms with Crippen molar-refractivity contribution in [3.05, 3.63) is 0 Å². The van der Waals surface area contributed by atoms with Crippen molar-refractivity contribution in [2.45, 2.75) is 52.4 Å². The molecule has 0 aromatic carbocycles. The maximum Gasteiger partial charge on any atom is 0.000387 e. The van der Waals surface area contributed by atoms with E-state index in [2.05, 4.69) is 25.8 Å². The minimum Gasteiger partial charge on any atom is -0.330 e. The Morgan fingerprint density at radius 2 is 1.67 bits per heavy atom. The molecule has 15 heavy (non-hydrogen) atoms. The highest BCUT2D eigenvalue weighted by molar-refractivity contribution is 4.57. The van der Waals surface area contributed by atoms with E-state index in [9.17, 15) is 0 Å². The first kappa shape index (κ1) is 14.9. The fourth-order valence-electron chi connectivity index (χ4n) is 1.81. The number of nitrogens with zero attached hydrogens (tertiary/aromatic N) is 1. The molecule has 0 bridgehead atoms. The monoisotopic (exact) mass is 214 g/mol. The molecule has 0 saturated heterocycles. The fraction of sp³-hybridized carbons (Fsp3) is 1.00. The first-order chi connectivity index (χ1) is 7.20. The Morgan fingerprint density at radius 3 is 2.27 bits per heavy atom. The standard InChI is InChI=1S/C13H30N2/c1-4-13(2)12-15(3)11-9-7-5-6-8-10-14/h13H,4-12,14H2,1-3H3. The summed E-state index contributed by atoms with van der Waals surface area (Å²) in [4.78, 5) is 2.47. The molecule has 1 atom stereocenters. The van der Waals surface area contributed by atoms with Crippen molar-refractivity contribution in [1.29, 1.82) is 0 Å². The van der Waals surface area contributed by atoms with Crippen LogP contribution in [0.1, 0.15) is 52.4 Å². The second-order valence-electron chi connectivity index (χ2n) is 4.83. The van der Waals surface area contributed by atoms with Crippen LogP contribution >= 0.6 is 0 Å². The summed E-state index contributed by atoms with van der Waals surface area (Å²) in [6, 6.07) is 0. The van der Waals surface area contributed by atoms with Crippen LogP contribution in [-0.2, 0) is 0 Å². The zero-order chi connectivity index (χ0) is 11.5. The summed E-state index contributed by atoms with van der Waals surface area (Å²) in [7, 11) is 2.24. The third-order valence-corrected chi connectivity index (χ3v) is 3.06. The molecule has 0 aromatic heterocycles. The van der Waals surface area contributed by atoms with Crippen molar-refractivity contribution < 1.29 is 0 Å². The maximum atomic E-state index is 5.45. The molecule has 2 N–H and O–H groups in total. The lowest BCUT2D eigenvalue weighted by molar-refractivity contribution is 0.276. The van der Waals surface area contributed by atoms with Gasteiger partial charge in [0, 0.05) is 6.54 Å². The highest BCUT2D eigenvalue weighted by Crippen LogP contribution is 2.06. The molecule has 2 nitrogen and oxygen atoms in total. The fourth-order valence-corrected chi connectivity index (χ4v) is 1.81. The van der Waals surface area contributed by atoms with Gasteiger partial charge in [0.25, 0.3) is 0 Å². The predicted octanol–water partition coefficient (Wildman–Crippen LogP) is 2.87. The van der Waals surface area contributed by atoms with E-state index < -0.39 is 0 Å². The Kier molecular flexibility index (Phi) is 10.4. The van der Waals surface area contributed by atoms with Crippen LogP contribution in [0.25, 0.3) is 0 Å². The minimum absolute atomic E-state index is 0.840. The molecule has 92 valence electrons. The van der Waals surface area contributed by atoms with Gasteiger partial charge in [-0.2, -0.15) is 0 Å². The van der Waals surface area contributed by atoms with Crippen molar-refractivity contribution >= 4 is 0 Å². The summed E-state index contributed by atoms with van der Waals surface area (Å²) >= 11 is 0. The number of hydrogen-bond donors (Lipinski definition) is 1. The van der Waals surface area contributed by atoms with Crippen LogP contribution in [0.4, 0.5) is 0 Å². The van der Waals surface area contributed by atoms with Crippen LogP contribution in [0.5, 0.6) is 0 Å². The van der Waals surface area contributed by atoms with Crippen LogP contribution in [0, 0.1) is 5.92 Å². The van der Waals surface area contributed by atoms with Gasteiger partial charge in [-0.05, 0) is 38.9 Å². The van der Waals surface area contributed by atoms with Gasteiger partial charge in [0.1, 0.15) is 0 Å². The van der Waals surface area contributed by atoms with E-state index in [1.54, 1.807) is 0 Å². The van der Waals surface area contributed by atoms with Gasteiger partial charge < -0.3 is 10.6 Å². The molecule has 0 aliphatic rings. The Hall–Kier alpha value is -0.0800. The second-order valence-corrected chi connectivity index (χ2v) is 4.83. The van der Waals surface area contributed by atoms with Crippen LogP contribution in [-0.4, -0.2) is 31.6 Å². The molecule has 0 amide bonds. The summed E-state index contributed by atoms with van der Waals surface area (Å²) in [6.07, 6.45) is 7.87. The van der Waals surface area contributed by atoms with Crippen molar-refractivity contribution in [3.8, 4) is 0 Å². The highest BCUT2D eigenvalue weighted by Gasteiger charge is 2.03. The second kappa shape index (κ2) is 10.4. The summed E-state index contributed by atoms with van der Waals surface area (Å²) in [5, 5.41) is 0. The van der Waals surface area contributed by atoms with Gasteiger partial charge in [0.15, 0.2) is 0 Å². The average Bonchev–Trinajstić information content (AvgIpc) is 2.23. The molecular formula is C13H30N2. The SMILES string of the molecule is CCC(C)CN(C)CCCCCCCN. The molecule has 0 spiro atoms. The molecule has 0 aliphatic heterocycles. The quantitative estimate of drug-likeness (QED) is 0.567. The van der Waals surface area contributed by atoms with Gasteiger partial charge in [-0.15, -0.1) is 0 Å². The van der Waals surface area contributed by atoms with E-state index >= 15 is 0 Å². The zero-order valence-corrected chi connectivity index (χ0v) is 11.0. The summed E-state index contributed by atoms with van der Waals surface area (Å²) < 4.78 is 0. The van der Waals surface area contributed by atoms with E-state index in [4.69, 9.17) is 5.73 Å². The third kappa shape index (κ3) is 10.2. The topological polar surface area (TPSA) is 29.3 Å². The van der Waals surface area contributed by atoms with Crippen molar-refractivity contribution in [1.82, 2.24) is 4.90 Å². The average molecular weight is 214 g/mol. The maximum absolute atomic E-state index is 5.45. The minimum atomic E-state index is 0.840. The van der Waals surface area contributed by atoms with Gasteiger partial charge in [0.2, 0.25) is 0 Å². The van der Waals surface area contributed by atoms with Gasteiger partial charge in [-0.25, -0.2) is 0 Å². The van der Waals surface area contributed by atoms with Crippen molar-refractivity contribution in [2.75, 3.05) is 26.7 Å². The lowest BCUT2D eigenvalue weighted by atomic mass is 10.1. The lowest BCUT2D eigenvalue weighted by Crippen LogP contribution is -2.25. The van der Waals surface area contributed by atoms with Gasteiger partial charge in [0.05, 0.1) is 0 Å². The molecule has 1 unspecified atom stereocenters. The van der Waals surface area contributed by atoms with Crippen LogP contribution in [0.3, 0.4) is 0 Å². The normalized spacial score (nSPS) is 13.4. The number of hydrogen-bond acceptors (Lipinski definition) is 2. The highest BCUT2D eigenvalue weighted by atomic mass is 15.1. The van der Waals surface area contributed by atoms with E-state index in [0.717, 1.165) is 12.5 Å². The van der Waals surface area contributed by atoms with E-state index in [1.807, 2.05) is 0 Å². The van der Waals surface area contributed by atoms with E-state index in [0.29, 0.717) is 0 Å². The number of nitrogens with two attached hydrogens (primary N) is 1. The molecule has 0 radical (unpaired) electrons. The molecule has 0 rings (SSSR count). The van der Waals surface area contributed by atoms with E-state index in [1.165, 1.54) is 51.6 Å². The number of unbranched alkanes of at least 4 members (excludes halogenated alkanes) is 4. The van der Waals surface area contributed by atoms with Crippen LogP contribution in [0.15, 0.2) is 0 Å². The van der Waals surface area contributed by atoms with Gasteiger partial charge >= 0.3 is 0 Å². The molecule has 2 heteroatoms. The van der Waals surface area contributed by atoms with Crippen molar-refractivity contribution in [3.63, 3.8) is 0 Å². The largest absolute Gasteiger partial charge is 0.330 e. The molecular weight excluding hydrogens is 184 g/mol. The predicted molar refractivity (Wildman–Crippen MR) is 69.1 cm³/mol. The summed E-state index contributed by atoms with van der Waals surface area (Å²) in [5.74, 6) is 0.840. The molecule has 0 saturated carbocycles. The molecule has 0 aliphatic carbocycles. The molecule has 0 heterocycles. The Labute approximate surface area is 96.2 Å². The lowest BCUT2D eigenvalue weighted by Gasteiger charge is -2.20. The first-order valence-corrected chi connectivity index (χ1v) is 6.59. The zero-order valence-electron chi connectivity index (χ0n) is 11.0. The van der Waals surface area contributed by atoms with Crippen molar-refractivity contribution in [2.24, 2.45) is 11.7 Å². The van der Waals surface area contributed by atoms with Gasteiger partial charge in [-0.3, -0.25) is 0 Å². The Morgan fingerprint density at radius 1 is 1.07 bits per heavy atom. The van der Waals surface area contributed by atoms with Gasteiger partial charge in [-0.1, -0.05) is 39.5 Å². The first-order valence-electron chi connectivity index (χ1n) is 6.59. The summed E-state index contributed by atoms with van der Waals surface area (Å²) in [5.41, 5.74) is 5.45. The Bertz CT molecular complexity index is 126. The Balaban J connectivity index is 3.20. The third-order valence-electron chi connectivity index (χ3n) is 3.06. The van der Waals surface area contributed by atoms with E-state index in [-0.39, 0.29) is 0 Å².